The Bertz CT molecular complexity index is 487. The number of aryl methyl sites for hydroxylation is 1. The van der Waals surface area contributed by atoms with Crippen molar-refractivity contribution in [2.75, 3.05) is 12.0 Å². The third-order valence-electron chi connectivity index (χ3n) is 4.46. The predicted octanol–water partition coefficient (Wildman–Crippen LogP) is 3.23. The maximum atomic E-state index is 12.2. The van der Waals surface area contributed by atoms with Gasteiger partial charge in [-0.1, -0.05) is 32.3 Å². The minimum absolute atomic E-state index is 0.0493. The molecule has 1 fully saturated rings. The first-order valence-corrected chi connectivity index (χ1v) is 7.95. The van der Waals surface area contributed by atoms with Crippen LogP contribution < -0.4 is 16.6 Å². The lowest BCUT2D eigenvalue weighted by Gasteiger charge is -2.26. The van der Waals surface area contributed by atoms with Gasteiger partial charge in [-0.2, -0.15) is 0 Å². The Morgan fingerprint density at radius 1 is 1.38 bits per heavy atom. The third-order valence-corrected chi connectivity index (χ3v) is 4.46. The van der Waals surface area contributed by atoms with Gasteiger partial charge in [-0.25, -0.2) is 0 Å². The van der Waals surface area contributed by atoms with Crippen molar-refractivity contribution in [3.05, 3.63) is 29.3 Å². The molecule has 116 valence electrons. The molecule has 21 heavy (non-hydrogen) atoms. The fourth-order valence-electron chi connectivity index (χ4n) is 3.28. The summed E-state index contributed by atoms with van der Waals surface area (Å²) < 4.78 is 0. The van der Waals surface area contributed by atoms with Crippen LogP contribution in [0.25, 0.3) is 0 Å². The molecule has 1 aliphatic carbocycles. The zero-order chi connectivity index (χ0) is 15.2. The first-order chi connectivity index (χ1) is 10.1. The summed E-state index contributed by atoms with van der Waals surface area (Å²) >= 11 is 0. The van der Waals surface area contributed by atoms with E-state index in [9.17, 15) is 4.79 Å². The van der Waals surface area contributed by atoms with Gasteiger partial charge in [0.2, 0.25) is 0 Å². The second-order valence-electron chi connectivity index (χ2n) is 6.38. The highest BCUT2D eigenvalue weighted by molar-refractivity contribution is 5.99. The van der Waals surface area contributed by atoms with Crippen LogP contribution in [0.4, 0.5) is 5.69 Å². The average Bonchev–Trinajstić information content (AvgIpc) is 2.47. The third kappa shape index (κ3) is 4.46. The number of nitrogen functional groups attached to an aromatic ring is 1. The Hall–Kier alpha value is -1.55. The van der Waals surface area contributed by atoms with E-state index < -0.39 is 0 Å². The second-order valence-corrected chi connectivity index (χ2v) is 6.38. The smallest absolute Gasteiger partial charge is 0.253 e. The maximum absolute atomic E-state index is 12.2. The first-order valence-electron chi connectivity index (χ1n) is 7.95. The first kappa shape index (κ1) is 15.8. The van der Waals surface area contributed by atoms with Gasteiger partial charge in [-0.15, -0.1) is 0 Å². The zero-order valence-electron chi connectivity index (χ0n) is 13.1. The summed E-state index contributed by atoms with van der Waals surface area (Å²) in [6.45, 7) is 5.05. The normalized spacial score (nSPS) is 21.9. The van der Waals surface area contributed by atoms with Crippen molar-refractivity contribution in [1.29, 1.82) is 0 Å². The second kappa shape index (κ2) is 7.46. The van der Waals surface area contributed by atoms with E-state index in [1.54, 1.807) is 0 Å². The fraction of sp³-hybridized carbons (Fsp3) is 0.588. The summed E-state index contributed by atoms with van der Waals surface area (Å²) in [7, 11) is 0. The number of amides is 1. The Kier molecular flexibility index (Phi) is 5.62. The van der Waals surface area contributed by atoms with Crippen molar-refractivity contribution < 1.29 is 4.79 Å². The van der Waals surface area contributed by atoms with E-state index in [-0.39, 0.29) is 5.91 Å². The van der Waals surface area contributed by atoms with Gasteiger partial charge in [0.1, 0.15) is 0 Å². The standard InChI is InChI=1S/C17H27N3O/c1-12-4-3-5-14(10-12)8-9-19-17(21)15-7-6-13(2)11-16(15)20-18/h6-7,11-12,14,20H,3-5,8-10,18H2,1-2H3,(H,19,21). The number of carbonyl (C=O) groups excluding carboxylic acids is 1. The molecule has 4 heteroatoms. The Balaban J connectivity index is 1.84. The Morgan fingerprint density at radius 2 is 2.19 bits per heavy atom. The summed E-state index contributed by atoms with van der Waals surface area (Å²) in [6.07, 6.45) is 6.38. The Labute approximate surface area is 127 Å². The van der Waals surface area contributed by atoms with Gasteiger partial charge in [0.15, 0.2) is 0 Å². The van der Waals surface area contributed by atoms with Gasteiger partial charge in [0, 0.05) is 6.54 Å². The molecule has 2 atom stereocenters. The van der Waals surface area contributed by atoms with Crippen LogP contribution in [0.2, 0.25) is 0 Å². The van der Waals surface area contributed by atoms with E-state index in [4.69, 9.17) is 5.84 Å². The highest BCUT2D eigenvalue weighted by atomic mass is 16.1. The van der Waals surface area contributed by atoms with Gasteiger partial charge >= 0.3 is 0 Å². The van der Waals surface area contributed by atoms with Crippen LogP contribution in [0.3, 0.4) is 0 Å². The van der Waals surface area contributed by atoms with Gasteiger partial charge in [0.05, 0.1) is 11.3 Å². The molecule has 0 saturated heterocycles. The lowest BCUT2D eigenvalue weighted by Crippen LogP contribution is -2.28. The largest absolute Gasteiger partial charge is 0.352 e. The quantitative estimate of drug-likeness (QED) is 0.576. The molecule has 0 heterocycles. The summed E-state index contributed by atoms with van der Waals surface area (Å²) in [5.41, 5.74) is 4.97. The minimum Gasteiger partial charge on any atom is -0.352 e. The average molecular weight is 289 g/mol. The number of hydrogen-bond acceptors (Lipinski definition) is 3. The van der Waals surface area contributed by atoms with Crippen molar-refractivity contribution in [3.63, 3.8) is 0 Å². The highest BCUT2D eigenvalue weighted by Crippen LogP contribution is 2.30. The molecular formula is C17H27N3O. The van der Waals surface area contributed by atoms with E-state index >= 15 is 0 Å². The van der Waals surface area contributed by atoms with Crippen molar-refractivity contribution in [2.24, 2.45) is 17.7 Å². The highest BCUT2D eigenvalue weighted by Gasteiger charge is 2.19. The number of hydrogen-bond donors (Lipinski definition) is 3. The number of benzene rings is 1. The lowest BCUT2D eigenvalue weighted by atomic mass is 9.81. The fourth-order valence-corrected chi connectivity index (χ4v) is 3.28. The SMILES string of the molecule is Cc1ccc(C(=O)NCCC2CCCC(C)C2)c(NN)c1. The number of hydrazine groups is 1. The van der Waals surface area contributed by atoms with E-state index in [1.165, 1.54) is 25.7 Å². The number of carbonyl (C=O) groups is 1. The minimum atomic E-state index is -0.0493. The van der Waals surface area contributed by atoms with E-state index in [1.807, 2.05) is 25.1 Å². The van der Waals surface area contributed by atoms with Crippen molar-refractivity contribution >= 4 is 11.6 Å². The van der Waals surface area contributed by atoms with Crippen molar-refractivity contribution in [2.45, 2.75) is 46.0 Å². The number of nitrogens with one attached hydrogen (secondary N) is 2. The monoisotopic (exact) mass is 289 g/mol. The van der Waals surface area contributed by atoms with Gasteiger partial charge < -0.3 is 10.7 Å². The van der Waals surface area contributed by atoms with Crippen LogP contribution in [-0.2, 0) is 0 Å². The molecule has 0 radical (unpaired) electrons. The van der Waals surface area contributed by atoms with E-state index in [0.717, 1.165) is 30.4 Å². The predicted molar refractivity (Wildman–Crippen MR) is 87.1 cm³/mol. The van der Waals surface area contributed by atoms with Gasteiger partial charge in [0.25, 0.3) is 5.91 Å². The maximum Gasteiger partial charge on any atom is 0.253 e. The zero-order valence-corrected chi connectivity index (χ0v) is 13.1. The molecule has 4 nitrogen and oxygen atoms in total. The molecule has 0 aromatic heterocycles. The topological polar surface area (TPSA) is 67.2 Å². The van der Waals surface area contributed by atoms with Crippen molar-refractivity contribution in [3.8, 4) is 0 Å². The molecular weight excluding hydrogens is 262 g/mol. The molecule has 0 spiro atoms. The molecule has 0 bridgehead atoms. The van der Waals surface area contributed by atoms with E-state index in [0.29, 0.717) is 11.3 Å². The van der Waals surface area contributed by atoms with Crippen LogP contribution in [0.5, 0.6) is 0 Å². The number of rotatable bonds is 5. The molecule has 1 saturated carbocycles. The molecule has 1 aromatic rings. The van der Waals surface area contributed by atoms with Gasteiger partial charge in [-0.05, 0) is 49.3 Å². The van der Waals surface area contributed by atoms with Crippen LogP contribution in [0.1, 0.15) is 54.9 Å². The summed E-state index contributed by atoms with van der Waals surface area (Å²) in [5, 5.41) is 3.02. The molecule has 1 aliphatic rings. The lowest BCUT2D eigenvalue weighted by molar-refractivity contribution is 0.0950. The molecule has 1 amide bonds. The molecule has 1 aromatic carbocycles. The molecule has 2 unspecified atom stereocenters. The summed E-state index contributed by atoms with van der Waals surface area (Å²) in [5.74, 6) is 7.04. The van der Waals surface area contributed by atoms with Crippen LogP contribution in [0.15, 0.2) is 18.2 Å². The van der Waals surface area contributed by atoms with Gasteiger partial charge in [-0.3, -0.25) is 10.6 Å². The van der Waals surface area contributed by atoms with Crippen LogP contribution in [-0.4, -0.2) is 12.5 Å². The molecule has 4 N–H and O–H groups in total. The summed E-state index contributed by atoms with van der Waals surface area (Å²) in [4.78, 5) is 12.2. The van der Waals surface area contributed by atoms with Crippen LogP contribution >= 0.6 is 0 Å². The summed E-state index contributed by atoms with van der Waals surface area (Å²) in [6, 6.07) is 5.64. The van der Waals surface area contributed by atoms with Crippen LogP contribution in [0, 0.1) is 18.8 Å². The molecule has 0 aliphatic heterocycles. The molecule has 2 rings (SSSR count). The van der Waals surface area contributed by atoms with E-state index in [2.05, 4.69) is 17.7 Å². The van der Waals surface area contributed by atoms with Crippen molar-refractivity contribution in [1.82, 2.24) is 5.32 Å². The Morgan fingerprint density at radius 3 is 2.90 bits per heavy atom. The number of nitrogens with two attached hydrogens (primary N) is 1. The number of anilines is 1.